The minimum Gasteiger partial charge on any atom is -0.323 e. The smallest absolute Gasteiger partial charge is 0.266 e. The number of carbonyl (C=O) groups is 1. The molecule has 0 bridgehead atoms. The maximum Gasteiger partial charge on any atom is 0.266 e. The summed E-state index contributed by atoms with van der Waals surface area (Å²) in [4.78, 5) is 34.5. The summed E-state index contributed by atoms with van der Waals surface area (Å²) < 4.78 is 1.58. The van der Waals surface area contributed by atoms with E-state index in [2.05, 4.69) is 15.3 Å². The van der Waals surface area contributed by atoms with Gasteiger partial charge in [-0.1, -0.05) is 47.6 Å². The maximum atomic E-state index is 13.4. The lowest BCUT2D eigenvalue weighted by Crippen LogP contribution is -2.23. The molecule has 0 atom stereocenters. The van der Waals surface area contributed by atoms with Gasteiger partial charge in [-0.25, -0.2) is 9.97 Å². The van der Waals surface area contributed by atoms with E-state index in [1.807, 2.05) is 44.2 Å². The number of hydrogen-bond acceptors (Lipinski definition) is 5. The first-order valence-electron chi connectivity index (χ1n) is 9.57. The third-order valence-corrected chi connectivity index (χ3v) is 6.17. The number of nitrogens with one attached hydrogen (secondary N) is 1. The fourth-order valence-corrected chi connectivity index (χ4v) is 4.17. The molecule has 2 heterocycles. The Labute approximate surface area is 188 Å². The molecule has 0 fully saturated rings. The van der Waals surface area contributed by atoms with Gasteiger partial charge in [0.1, 0.15) is 0 Å². The van der Waals surface area contributed by atoms with Crippen molar-refractivity contribution >= 4 is 45.9 Å². The van der Waals surface area contributed by atoms with Crippen LogP contribution in [-0.4, -0.2) is 26.2 Å². The van der Waals surface area contributed by atoms with E-state index in [1.165, 1.54) is 11.8 Å². The molecule has 4 rings (SSSR count). The fraction of sp³-hybridized carbons (Fsp3) is 0.130. The van der Waals surface area contributed by atoms with Gasteiger partial charge < -0.3 is 5.32 Å². The van der Waals surface area contributed by atoms with E-state index in [0.29, 0.717) is 21.7 Å². The van der Waals surface area contributed by atoms with Crippen molar-refractivity contribution in [1.29, 1.82) is 0 Å². The molecular formula is C23H19ClN4O2S. The first-order valence-corrected chi connectivity index (χ1v) is 10.9. The van der Waals surface area contributed by atoms with Crippen molar-refractivity contribution in [3.05, 3.63) is 87.4 Å². The molecule has 4 aromatic rings. The number of aryl methyl sites for hydroxylation is 1. The zero-order chi connectivity index (χ0) is 22.0. The van der Waals surface area contributed by atoms with Gasteiger partial charge >= 0.3 is 0 Å². The van der Waals surface area contributed by atoms with Crippen molar-refractivity contribution in [2.45, 2.75) is 19.0 Å². The maximum absolute atomic E-state index is 13.4. The Balaban J connectivity index is 1.73. The van der Waals surface area contributed by atoms with Crippen LogP contribution in [0.3, 0.4) is 0 Å². The summed E-state index contributed by atoms with van der Waals surface area (Å²) >= 11 is 7.21. The van der Waals surface area contributed by atoms with Crippen molar-refractivity contribution in [3.8, 4) is 5.69 Å². The number of carbonyl (C=O) groups excluding carboxylic acids is 1. The van der Waals surface area contributed by atoms with Crippen LogP contribution in [0.5, 0.6) is 0 Å². The largest absolute Gasteiger partial charge is 0.323 e. The monoisotopic (exact) mass is 450 g/mol. The summed E-state index contributed by atoms with van der Waals surface area (Å²) in [6.07, 6.45) is 1.55. The first kappa shape index (κ1) is 21.1. The molecule has 0 aliphatic rings. The molecule has 0 spiro atoms. The summed E-state index contributed by atoms with van der Waals surface area (Å²) in [5.41, 5.74) is 3.66. The van der Waals surface area contributed by atoms with Crippen LogP contribution in [0.4, 0.5) is 5.69 Å². The second-order valence-electron chi connectivity index (χ2n) is 6.95. The highest BCUT2D eigenvalue weighted by Gasteiger charge is 2.17. The van der Waals surface area contributed by atoms with Crippen molar-refractivity contribution in [2.75, 3.05) is 11.1 Å². The van der Waals surface area contributed by atoms with Gasteiger partial charge in [0.2, 0.25) is 5.91 Å². The zero-order valence-electron chi connectivity index (χ0n) is 16.9. The van der Waals surface area contributed by atoms with Crippen LogP contribution in [0.15, 0.2) is 70.7 Å². The van der Waals surface area contributed by atoms with Gasteiger partial charge in [0, 0.05) is 6.20 Å². The van der Waals surface area contributed by atoms with Crippen LogP contribution in [0.1, 0.15) is 11.1 Å². The highest BCUT2D eigenvalue weighted by Crippen LogP contribution is 2.25. The number of nitrogens with zero attached hydrogens (tertiary/aromatic N) is 3. The van der Waals surface area contributed by atoms with Crippen LogP contribution in [0.2, 0.25) is 5.15 Å². The van der Waals surface area contributed by atoms with Crippen molar-refractivity contribution in [3.63, 3.8) is 0 Å². The van der Waals surface area contributed by atoms with Crippen LogP contribution < -0.4 is 10.9 Å². The molecule has 1 N–H and O–H groups in total. The molecule has 0 saturated carbocycles. The van der Waals surface area contributed by atoms with Crippen LogP contribution >= 0.6 is 23.4 Å². The minimum atomic E-state index is -0.269. The second kappa shape index (κ2) is 8.91. The SMILES string of the molecule is Cc1cccc(-n2c(SCC(=O)Nc3cccnc3Cl)nc3ccccc3c2=O)c1C. The Morgan fingerprint density at radius 3 is 2.71 bits per heavy atom. The zero-order valence-corrected chi connectivity index (χ0v) is 18.5. The quantitative estimate of drug-likeness (QED) is 0.269. The predicted molar refractivity (Wildman–Crippen MR) is 125 cm³/mol. The fourth-order valence-electron chi connectivity index (χ4n) is 3.20. The summed E-state index contributed by atoms with van der Waals surface area (Å²) in [6, 6.07) is 16.4. The Morgan fingerprint density at radius 2 is 1.90 bits per heavy atom. The van der Waals surface area contributed by atoms with Gasteiger partial charge in [0.25, 0.3) is 5.56 Å². The van der Waals surface area contributed by atoms with Crippen molar-refractivity contribution in [1.82, 2.24) is 14.5 Å². The Morgan fingerprint density at radius 1 is 1.10 bits per heavy atom. The number of halogens is 1. The molecule has 2 aromatic carbocycles. The lowest BCUT2D eigenvalue weighted by atomic mass is 10.1. The molecule has 8 heteroatoms. The highest BCUT2D eigenvalue weighted by molar-refractivity contribution is 7.99. The van der Waals surface area contributed by atoms with Crippen LogP contribution in [0, 0.1) is 13.8 Å². The average Bonchev–Trinajstić information content (AvgIpc) is 2.76. The summed E-state index contributed by atoms with van der Waals surface area (Å²) in [5.74, 6) is -0.212. The van der Waals surface area contributed by atoms with Gasteiger partial charge in [0.15, 0.2) is 10.3 Å². The van der Waals surface area contributed by atoms with Crippen molar-refractivity contribution in [2.24, 2.45) is 0 Å². The van der Waals surface area contributed by atoms with Crippen molar-refractivity contribution < 1.29 is 4.79 Å². The van der Waals surface area contributed by atoms with E-state index in [9.17, 15) is 9.59 Å². The average molecular weight is 451 g/mol. The molecule has 0 saturated heterocycles. The lowest BCUT2D eigenvalue weighted by molar-refractivity contribution is -0.113. The predicted octanol–water partition coefficient (Wildman–Crippen LogP) is 4.78. The molecule has 0 aliphatic heterocycles. The van der Waals surface area contributed by atoms with E-state index in [0.717, 1.165) is 16.8 Å². The molecule has 0 radical (unpaired) electrons. The number of fused-ring (bicyclic) bond motifs is 1. The normalized spacial score (nSPS) is 10.9. The number of pyridine rings is 1. The Hall–Kier alpha value is -3.16. The topological polar surface area (TPSA) is 76.9 Å². The van der Waals surface area contributed by atoms with Gasteiger partial charge in [-0.3, -0.25) is 14.2 Å². The second-order valence-corrected chi connectivity index (χ2v) is 8.25. The van der Waals surface area contributed by atoms with Gasteiger partial charge in [-0.05, 0) is 55.3 Å². The lowest BCUT2D eigenvalue weighted by Gasteiger charge is -2.16. The molecule has 156 valence electrons. The molecule has 2 aromatic heterocycles. The minimum absolute atomic E-state index is 0.0564. The molecule has 31 heavy (non-hydrogen) atoms. The van der Waals surface area contributed by atoms with E-state index >= 15 is 0 Å². The molecule has 6 nitrogen and oxygen atoms in total. The van der Waals surface area contributed by atoms with E-state index < -0.39 is 0 Å². The summed E-state index contributed by atoms with van der Waals surface area (Å²) in [6.45, 7) is 3.97. The highest BCUT2D eigenvalue weighted by atomic mass is 35.5. The number of hydrogen-bond donors (Lipinski definition) is 1. The number of aromatic nitrogens is 3. The van der Waals surface area contributed by atoms with Gasteiger partial charge in [0.05, 0.1) is 28.0 Å². The van der Waals surface area contributed by atoms with Crippen LogP contribution in [0.25, 0.3) is 16.6 Å². The van der Waals surface area contributed by atoms with E-state index in [1.54, 1.807) is 35.0 Å². The van der Waals surface area contributed by atoms with E-state index in [-0.39, 0.29) is 22.4 Å². The first-order chi connectivity index (χ1) is 15.0. The number of anilines is 1. The molecule has 1 amide bonds. The number of para-hydroxylation sites is 1. The third-order valence-electron chi connectivity index (χ3n) is 4.93. The van der Waals surface area contributed by atoms with E-state index in [4.69, 9.17) is 11.6 Å². The number of amides is 1. The number of thioether (sulfide) groups is 1. The third kappa shape index (κ3) is 4.33. The number of benzene rings is 2. The summed E-state index contributed by atoms with van der Waals surface area (Å²) in [7, 11) is 0. The Bertz CT molecular complexity index is 1350. The summed E-state index contributed by atoms with van der Waals surface area (Å²) in [5, 5.41) is 3.94. The standard InChI is InChI=1S/C23H19ClN4O2S/c1-14-7-5-11-19(15(14)2)28-22(30)16-8-3-4-9-17(16)27-23(28)31-13-20(29)26-18-10-6-12-25-21(18)24/h3-12H,13H2,1-2H3,(H,26,29). The molecule has 0 unspecified atom stereocenters. The Kier molecular flexibility index (Phi) is 6.06. The van der Waals surface area contributed by atoms with Gasteiger partial charge in [-0.15, -0.1) is 0 Å². The number of rotatable bonds is 5. The molecule has 0 aliphatic carbocycles. The van der Waals surface area contributed by atoms with Crippen LogP contribution in [-0.2, 0) is 4.79 Å². The molecular weight excluding hydrogens is 432 g/mol. The van der Waals surface area contributed by atoms with Gasteiger partial charge in [-0.2, -0.15) is 0 Å².